The number of amides is 2. The number of anilines is 1. The Morgan fingerprint density at radius 2 is 2.00 bits per heavy atom. The van der Waals surface area contributed by atoms with Gasteiger partial charge in [0.1, 0.15) is 0 Å². The fraction of sp³-hybridized carbons (Fsp3) is 0.273. The monoisotopic (exact) mass is 392 g/mol. The molecule has 0 radical (unpaired) electrons. The molecule has 0 aliphatic carbocycles. The fourth-order valence-electron chi connectivity index (χ4n) is 1.50. The SMILES string of the molecule is CCc1cc(Br)c(N(C(=N)N)C(=O)NOC)c(Br)c1. The second-order valence-corrected chi connectivity index (χ2v) is 5.30. The molecule has 104 valence electrons. The van der Waals surface area contributed by atoms with Gasteiger partial charge < -0.3 is 5.73 Å². The van der Waals surface area contributed by atoms with E-state index in [0.717, 1.165) is 16.9 Å². The van der Waals surface area contributed by atoms with E-state index in [-0.39, 0.29) is 0 Å². The minimum Gasteiger partial charge on any atom is -0.369 e. The highest BCUT2D eigenvalue weighted by Gasteiger charge is 2.24. The largest absolute Gasteiger partial charge is 0.369 e. The van der Waals surface area contributed by atoms with Crippen LogP contribution in [0.1, 0.15) is 12.5 Å². The highest BCUT2D eigenvalue weighted by Crippen LogP contribution is 2.35. The van der Waals surface area contributed by atoms with Crippen LogP contribution in [0, 0.1) is 5.41 Å². The van der Waals surface area contributed by atoms with Crippen molar-refractivity contribution < 1.29 is 9.63 Å². The van der Waals surface area contributed by atoms with Crippen LogP contribution in [-0.4, -0.2) is 19.1 Å². The van der Waals surface area contributed by atoms with E-state index >= 15 is 0 Å². The molecule has 1 aromatic carbocycles. The molecule has 4 N–H and O–H groups in total. The van der Waals surface area contributed by atoms with E-state index in [2.05, 4.69) is 42.2 Å². The van der Waals surface area contributed by atoms with E-state index in [9.17, 15) is 4.79 Å². The Morgan fingerprint density at radius 1 is 1.47 bits per heavy atom. The maximum absolute atomic E-state index is 11.9. The Balaban J connectivity index is 3.31. The molecule has 1 aromatic rings. The van der Waals surface area contributed by atoms with Crippen LogP contribution in [0.3, 0.4) is 0 Å². The zero-order valence-corrected chi connectivity index (χ0v) is 13.6. The molecule has 0 saturated heterocycles. The summed E-state index contributed by atoms with van der Waals surface area (Å²) in [5.41, 5.74) is 9.12. The van der Waals surface area contributed by atoms with Crippen molar-refractivity contribution in [1.29, 1.82) is 5.41 Å². The van der Waals surface area contributed by atoms with E-state index in [1.807, 2.05) is 19.1 Å². The Labute approximate surface area is 128 Å². The second kappa shape index (κ2) is 6.88. The van der Waals surface area contributed by atoms with Gasteiger partial charge >= 0.3 is 6.03 Å². The number of nitrogens with zero attached hydrogens (tertiary/aromatic N) is 1. The average molecular weight is 394 g/mol. The van der Waals surface area contributed by atoms with Gasteiger partial charge in [-0.2, -0.15) is 0 Å². The van der Waals surface area contributed by atoms with Gasteiger partial charge in [-0.15, -0.1) is 0 Å². The molecule has 0 aromatic heterocycles. The quantitative estimate of drug-likeness (QED) is 0.418. The molecular formula is C11H14Br2N4O2. The molecule has 6 nitrogen and oxygen atoms in total. The standard InChI is InChI=1S/C11H14Br2N4O2/c1-3-6-4-7(12)9(8(13)5-6)17(10(14)15)11(18)16-19-2/h4-5H,3H2,1-2H3,(H3,14,15)(H,16,18). The van der Waals surface area contributed by atoms with Crippen LogP contribution < -0.4 is 16.1 Å². The van der Waals surface area contributed by atoms with Crippen LogP contribution in [0.25, 0.3) is 0 Å². The molecule has 0 heterocycles. The zero-order valence-electron chi connectivity index (χ0n) is 10.5. The van der Waals surface area contributed by atoms with Crippen molar-refractivity contribution >= 4 is 49.5 Å². The van der Waals surface area contributed by atoms with E-state index in [1.54, 1.807) is 0 Å². The third-order valence-corrected chi connectivity index (χ3v) is 3.55. The third kappa shape index (κ3) is 3.68. The minimum absolute atomic E-state index is 0.416. The van der Waals surface area contributed by atoms with Crippen molar-refractivity contribution in [2.75, 3.05) is 12.0 Å². The molecule has 19 heavy (non-hydrogen) atoms. The molecule has 0 unspecified atom stereocenters. The first-order valence-corrected chi connectivity index (χ1v) is 6.96. The number of halogens is 2. The molecule has 0 fully saturated rings. The number of benzene rings is 1. The van der Waals surface area contributed by atoms with Gasteiger partial charge in [-0.1, -0.05) is 6.92 Å². The summed E-state index contributed by atoms with van der Waals surface area (Å²) >= 11 is 6.76. The van der Waals surface area contributed by atoms with Crippen molar-refractivity contribution in [3.05, 3.63) is 26.6 Å². The number of urea groups is 1. The van der Waals surface area contributed by atoms with Crippen LogP contribution in [0.5, 0.6) is 0 Å². The normalized spacial score (nSPS) is 10.1. The van der Waals surface area contributed by atoms with Crippen LogP contribution in [-0.2, 0) is 11.3 Å². The number of rotatable bonds is 3. The molecule has 0 spiro atoms. The summed E-state index contributed by atoms with van der Waals surface area (Å²) < 4.78 is 1.31. The summed E-state index contributed by atoms with van der Waals surface area (Å²) in [6.07, 6.45) is 0.849. The third-order valence-electron chi connectivity index (χ3n) is 2.34. The van der Waals surface area contributed by atoms with Gasteiger partial charge in [0.15, 0.2) is 0 Å². The summed E-state index contributed by atoms with van der Waals surface area (Å²) in [7, 11) is 1.31. The van der Waals surface area contributed by atoms with Crippen LogP contribution in [0.4, 0.5) is 10.5 Å². The average Bonchev–Trinajstić information content (AvgIpc) is 2.32. The molecule has 0 aliphatic rings. The smallest absolute Gasteiger partial charge is 0.352 e. The lowest BCUT2D eigenvalue weighted by Gasteiger charge is -2.23. The highest BCUT2D eigenvalue weighted by molar-refractivity contribution is 9.11. The first-order chi connectivity index (χ1) is 8.92. The molecule has 0 bridgehead atoms. The number of hydrogen-bond acceptors (Lipinski definition) is 3. The first-order valence-electron chi connectivity index (χ1n) is 5.37. The molecule has 2 amide bonds. The van der Waals surface area contributed by atoms with E-state index < -0.39 is 12.0 Å². The summed E-state index contributed by atoms with van der Waals surface area (Å²) in [5, 5.41) is 7.54. The highest BCUT2D eigenvalue weighted by atomic mass is 79.9. The van der Waals surface area contributed by atoms with Gasteiger partial charge in [-0.25, -0.2) is 15.2 Å². The molecule has 8 heteroatoms. The molecule has 0 saturated carbocycles. The van der Waals surface area contributed by atoms with Gasteiger partial charge in [0.2, 0.25) is 5.96 Å². The van der Waals surface area contributed by atoms with Gasteiger partial charge in [-0.3, -0.25) is 10.2 Å². The van der Waals surface area contributed by atoms with Crippen LogP contribution >= 0.6 is 31.9 Å². The second-order valence-electron chi connectivity index (χ2n) is 3.59. The van der Waals surface area contributed by atoms with Gasteiger partial charge in [0.05, 0.1) is 12.8 Å². The maximum atomic E-state index is 11.9. The molecule has 1 rings (SSSR count). The summed E-state index contributed by atoms with van der Waals surface area (Å²) in [6, 6.07) is 3.09. The summed E-state index contributed by atoms with van der Waals surface area (Å²) in [4.78, 5) is 17.4. The Kier molecular flexibility index (Phi) is 5.77. The Hall–Kier alpha value is -1.12. The fourth-order valence-corrected chi connectivity index (χ4v) is 3.14. The lowest BCUT2D eigenvalue weighted by molar-refractivity contribution is 0.112. The molecule has 0 atom stereocenters. The predicted molar refractivity (Wildman–Crippen MR) is 81.2 cm³/mol. The van der Waals surface area contributed by atoms with Crippen molar-refractivity contribution in [2.24, 2.45) is 5.73 Å². The van der Waals surface area contributed by atoms with Gasteiger partial charge in [0, 0.05) is 8.95 Å². The van der Waals surface area contributed by atoms with Crippen LogP contribution in [0.2, 0.25) is 0 Å². The topological polar surface area (TPSA) is 91.4 Å². The number of carbonyl (C=O) groups excluding carboxylic acids is 1. The van der Waals surface area contributed by atoms with Crippen molar-refractivity contribution in [2.45, 2.75) is 13.3 Å². The van der Waals surface area contributed by atoms with E-state index in [0.29, 0.717) is 14.6 Å². The lowest BCUT2D eigenvalue weighted by Crippen LogP contribution is -2.47. The van der Waals surface area contributed by atoms with Crippen molar-refractivity contribution in [1.82, 2.24) is 5.48 Å². The van der Waals surface area contributed by atoms with E-state index in [1.165, 1.54) is 7.11 Å². The maximum Gasteiger partial charge on any atom is 0.352 e. The van der Waals surface area contributed by atoms with Crippen molar-refractivity contribution in [3.63, 3.8) is 0 Å². The number of carbonyl (C=O) groups is 1. The number of aryl methyl sites for hydroxylation is 1. The predicted octanol–water partition coefficient (Wildman–Crippen LogP) is 2.74. The van der Waals surface area contributed by atoms with Crippen LogP contribution in [0.15, 0.2) is 21.1 Å². The van der Waals surface area contributed by atoms with Gasteiger partial charge in [0.25, 0.3) is 0 Å². The number of guanidine groups is 1. The Bertz CT molecular complexity index is 484. The zero-order chi connectivity index (χ0) is 14.6. The van der Waals surface area contributed by atoms with Gasteiger partial charge in [-0.05, 0) is 56.0 Å². The molecular weight excluding hydrogens is 380 g/mol. The minimum atomic E-state index is -0.652. The number of nitrogens with one attached hydrogen (secondary N) is 2. The number of hydrogen-bond donors (Lipinski definition) is 3. The number of hydroxylamine groups is 1. The van der Waals surface area contributed by atoms with E-state index in [4.69, 9.17) is 11.1 Å². The summed E-state index contributed by atoms with van der Waals surface area (Å²) in [6.45, 7) is 2.02. The van der Waals surface area contributed by atoms with Crippen molar-refractivity contribution in [3.8, 4) is 0 Å². The lowest BCUT2D eigenvalue weighted by atomic mass is 10.1. The summed E-state index contributed by atoms with van der Waals surface area (Å²) in [5.74, 6) is -0.416. The molecule has 0 aliphatic heterocycles. The number of nitrogens with two attached hydrogens (primary N) is 1. The Morgan fingerprint density at radius 3 is 2.37 bits per heavy atom. The first kappa shape index (κ1) is 15.9.